The molecule has 0 radical (unpaired) electrons. The molecule has 1 heterocycles. The van der Waals surface area contributed by atoms with Gasteiger partial charge in [-0.2, -0.15) is 0 Å². The van der Waals surface area contributed by atoms with Crippen LogP contribution in [-0.4, -0.2) is 11.7 Å². The van der Waals surface area contributed by atoms with Gasteiger partial charge < -0.3 is 5.73 Å². The molecule has 114 valence electrons. The lowest BCUT2D eigenvalue weighted by atomic mass is 10.1. The van der Waals surface area contributed by atoms with Crippen LogP contribution < -0.4 is 10.7 Å². The molecule has 0 aliphatic carbocycles. The van der Waals surface area contributed by atoms with Gasteiger partial charge in [0.15, 0.2) is 0 Å². The number of nitrogen functional groups attached to an aromatic ring is 1. The highest BCUT2D eigenvalue weighted by atomic mass is 79.9. The van der Waals surface area contributed by atoms with Crippen LogP contribution >= 0.6 is 15.9 Å². The van der Waals surface area contributed by atoms with Gasteiger partial charge >= 0.3 is 0 Å². The van der Waals surface area contributed by atoms with Crippen molar-refractivity contribution in [3.63, 3.8) is 0 Å². The van der Waals surface area contributed by atoms with Crippen LogP contribution in [0.2, 0.25) is 0 Å². The third-order valence-corrected chi connectivity index (χ3v) is 3.95. The van der Waals surface area contributed by atoms with Gasteiger partial charge in [-0.1, -0.05) is 33.3 Å². The molecule has 0 saturated heterocycles. The SMILES string of the molecule is Cc1cc(CN2CN(c3ccc(Br)cc3F)N=N2)ccc1N. The van der Waals surface area contributed by atoms with E-state index in [4.69, 9.17) is 5.73 Å². The van der Waals surface area contributed by atoms with Crippen molar-refractivity contribution in [3.05, 3.63) is 57.8 Å². The lowest BCUT2D eigenvalue weighted by Crippen LogP contribution is -2.25. The van der Waals surface area contributed by atoms with Crippen molar-refractivity contribution in [2.45, 2.75) is 13.5 Å². The van der Waals surface area contributed by atoms with Crippen molar-refractivity contribution in [3.8, 4) is 0 Å². The molecule has 1 aliphatic rings. The van der Waals surface area contributed by atoms with Crippen LogP contribution in [0.1, 0.15) is 11.1 Å². The zero-order valence-corrected chi connectivity index (χ0v) is 13.6. The molecule has 2 N–H and O–H groups in total. The molecular weight excluding hydrogens is 349 g/mol. The first-order chi connectivity index (χ1) is 10.5. The quantitative estimate of drug-likeness (QED) is 0.837. The molecule has 7 heteroatoms. The summed E-state index contributed by atoms with van der Waals surface area (Å²) in [6.07, 6.45) is 0. The maximum Gasteiger partial charge on any atom is 0.149 e. The normalized spacial score (nSPS) is 14.0. The Kier molecular flexibility index (Phi) is 3.98. The lowest BCUT2D eigenvalue weighted by Gasteiger charge is -2.17. The maximum atomic E-state index is 13.9. The third-order valence-electron chi connectivity index (χ3n) is 3.46. The Morgan fingerprint density at radius 3 is 2.77 bits per heavy atom. The fourth-order valence-corrected chi connectivity index (χ4v) is 2.59. The van der Waals surface area contributed by atoms with E-state index in [9.17, 15) is 4.39 Å². The average molecular weight is 364 g/mol. The standard InChI is InChI=1S/C15H15BrFN5/c1-10-6-11(2-4-14(10)18)8-21-9-22(20-19-21)15-5-3-12(16)7-13(15)17/h2-7H,8-9,18H2,1H3. The molecule has 0 fully saturated rings. The Hall–Kier alpha value is -2.15. The summed E-state index contributed by atoms with van der Waals surface area (Å²) in [5.41, 5.74) is 9.11. The average Bonchev–Trinajstić information content (AvgIpc) is 2.91. The number of benzene rings is 2. The molecule has 5 nitrogen and oxygen atoms in total. The highest BCUT2D eigenvalue weighted by Gasteiger charge is 2.20. The number of anilines is 2. The van der Waals surface area contributed by atoms with E-state index in [1.54, 1.807) is 17.1 Å². The van der Waals surface area contributed by atoms with Crippen LogP contribution in [0, 0.1) is 12.7 Å². The highest BCUT2D eigenvalue weighted by molar-refractivity contribution is 9.10. The summed E-state index contributed by atoms with van der Waals surface area (Å²) in [6.45, 7) is 2.97. The van der Waals surface area contributed by atoms with Gasteiger partial charge in [0.2, 0.25) is 0 Å². The first kappa shape index (κ1) is 14.8. The third kappa shape index (κ3) is 3.04. The summed E-state index contributed by atoms with van der Waals surface area (Å²) >= 11 is 3.24. The molecule has 0 atom stereocenters. The lowest BCUT2D eigenvalue weighted by molar-refractivity contribution is 0.307. The fraction of sp³-hybridized carbons (Fsp3) is 0.200. The Morgan fingerprint density at radius 2 is 2.05 bits per heavy atom. The van der Waals surface area contributed by atoms with Crippen LogP contribution in [0.4, 0.5) is 15.8 Å². The monoisotopic (exact) mass is 363 g/mol. The zero-order chi connectivity index (χ0) is 15.7. The van der Waals surface area contributed by atoms with Gasteiger partial charge in [-0.3, -0.25) is 5.01 Å². The van der Waals surface area contributed by atoms with Gasteiger partial charge in [-0.15, -0.1) is 0 Å². The van der Waals surface area contributed by atoms with E-state index in [2.05, 4.69) is 26.4 Å². The van der Waals surface area contributed by atoms with Crippen LogP contribution in [0.15, 0.2) is 51.3 Å². The first-order valence-electron chi connectivity index (χ1n) is 6.77. The van der Waals surface area contributed by atoms with Gasteiger partial charge in [-0.25, -0.2) is 9.40 Å². The molecule has 0 unspecified atom stereocenters. The van der Waals surface area contributed by atoms with E-state index in [0.717, 1.165) is 16.8 Å². The number of hydrogen-bond donors (Lipinski definition) is 1. The Bertz CT molecular complexity index is 734. The van der Waals surface area contributed by atoms with Gasteiger partial charge in [0.25, 0.3) is 0 Å². The van der Waals surface area contributed by atoms with Crippen LogP contribution in [0.25, 0.3) is 0 Å². The van der Waals surface area contributed by atoms with Crippen molar-refractivity contribution in [2.75, 3.05) is 17.4 Å². The van der Waals surface area contributed by atoms with E-state index in [0.29, 0.717) is 23.4 Å². The number of nitrogens with zero attached hydrogens (tertiary/aromatic N) is 4. The predicted octanol–water partition coefficient (Wildman–Crippen LogP) is 4.04. The minimum atomic E-state index is -0.335. The zero-order valence-electron chi connectivity index (χ0n) is 12.0. The largest absolute Gasteiger partial charge is 0.399 e. The molecular formula is C15H15BrFN5. The summed E-state index contributed by atoms with van der Waals surface area (Å²) in [4.78, 5) is 0. The van der Waals surface area contributed by atoms with Gasteiger partial charge in [0.1, 0.15) is 12.5 Å². The smallest absolute Gasteiger partial charge is 0.149 e. The molecule has 0 spiro atoms. The van der Waals surface area contributed by atoms with Crippen LogP contribution in [0.3, 0.4) is 0 Å². The van der Waals surface area contributed by atoms with Crippen molar-refractivity contribution < 1.29 is 4.39 Å². The molecule has 0 amide bonds. The molecule has 2 aromatic carbocycles. The second-order valence-corrected chi connectivity index (χ2v) is 6.09. The Morgan fingerprint density at radius 1 is 1.23 bits per heavy atom. The summed E-state index contributed by atoms with van der Waals surface area (Å²) < 4.78 is 14.6. The molecule has 1 aliphatic heterocycles. The summed E-state index contributed by atoms with van der Waals surface area (Å²) in [5.74, 6) is -0.335. The molecule has 0 aromatic heterocycles. The van der Waals surface area contributed by atoms with Gasteiger partial charge in [-0.05, 0) is 47.5 Å². The second-order valence-electron chi connectivity index (χ2n) is 5.17. The minimum absolute atomic E-state index is 0.335. The highest BCUT2D eigenvalue weighted by Crippen LogP contribution is 2.26. The molecule has 3 rings (SSSR count). The van der Waals surface area contributed by atoms with E-state index >= 15 is 0 Å². The molecule has 22 heavy (non-hydrogen) atoms. The van der Waals surface area contributed by atoms with Crippen molar-refractivity contribution in [1.82, 2.24) is 5.01 Å². The predicted molar refractivity (Wildman–Crippen MR) is 87.4 cm³/mol. The number of rotatable bonds is 3. The van der Waals surface area contributed by atoms with Crippen LogP contribution in [-0.2, 0) is 6.54 Å². The molecule has 0 bridgehead atoms. The molecule has 2 aromatic rings. The second kappa shape index (κ2) is 5.92. The molecule has 0 saturated carbocycles. The van der Waals surface area contributed by atoms with Crippen molar-refractivity contribution in [2.24, 2.45) is 10.4 Å². The fourth-order valence-electron chi connectivity index (χ4n) is 2.26. The first-order valence-corrected chi connectivity index (χ1v) is 7.56. The van der Waals surface area contributed by atoms with Crippen LogP contribution in [0.5, 0.6) is 0 Å². The number of aryl methyl sites for hydroxylation is 1. The number of nitrogens with two attached hydrogens (primary N) is 1. The summed E-state index contributed by atoms with van der Waals surface area (Å²) in [5, 5.41) is 11.4. The van der Waals surface area contributed by atoms with E-state index < -0.39 is 0 Å². The Labute approximate surface area is 136 Å². The minimum Gasteiger partial charge on any atom is -0.399 e. The van der Waals surface area contributed by atoms with Gasteiger partial charge in [0, 0.05) is 10.2 Å². The number of hydrogen-bond acceptors (Lipinski definition) is 5. The Balaban J connectivity index is 1.70. The van der Waals surface area contributed by atoms with E-state index in [1.807, 2.05) is 25.1 Å². The van der Waals surface area contributed by atoms with E-state index in [-0.39, 0.29) is 5.82 Å². The van der Waals surface area contributed by atoms with Gasteiger partial charge in [0.05, 0.1) is 12.2 Å². The van der Waals surface area contributed by atoms with Crippen molar-refractivity contribution in [1.29, 1.82) is 0 Å². The number of halogens is 2. The van der Waals surface area contributed by atoms with E-state index in [1.165, 1.54) is 11.1 Å². The summed E-state index contributed by atoms with van der Waals surface area (Å²) in [7, 11) is 0. The van der Waals surface area contributed by atoms with Crippen molar-refractivity contribution >= 4 is 27.3 Å². The maximum absolute atomic E-state index is 13.9. The topological polar surface area (TPSA) is 57.2 Å². The summed E-state index contributed by atoms with van der Waals surface area (Å²) in [6, 6.07) is 10.7.